The number of hydrogen-bond acceptors (Lipinski definition) is 4. The molecule has 5 heteroatoms. The van der Waals surface area contributed by atoms with Crippen molar-refractivity contribution < 1.29 is 4.74 Å². The summed E-state index contributed by atoms with van der Waals surface area (Å²) in [5, 5.41) is 11.2. The van der Waals surface area contributed by atoms with E-state index in [1.165, 1.54) is 19.3 Å². The molecular formula is C10H18N4O. The Hall–Kier alpha value is -0.940. The van der Waals surface area contributed by atoms with Crippen LogP contribution in [0.2, 0.25) is 0 Å². The summed E-state index contributed by atoms with van der Waals surface area (Å²) >= 11 is 0. The molecule has 5 nitrogen and oxygen atoms in total. The quantitative estimate of drug-likeness (QED) is 0.785. The van der Waals surface area contributed by atoms with E-state index in [0.29, 0.717) is 6.10 Å². The molecule has 1 N–H and O–H groups in total. The second kappa shape index (κ2) is 5.23. The summed E-state index contributed by atoms with van der Waals surface area (Å²) in [5.74, 6) is 0.964. The van der Waals surface area contributed by atoms with Crippen molar-refractivity contribution in [1.29, 1.82) is 0 Å². The monoisotopic (exact) mass is 210 g/mol. The van der Waals surface area contributed by atoms with Gasteiger partial charge in [0.2, 0.25) is 0 Å². The van der Waals surface area contributed by atoms with Crippen molar-refractivity contribution in [3.63, 3.8) is 0 Å². The first-order valence-electron chi connectivity index (χ1n) is 5.51. The number of aryl methyl sites for hydroxylation is 1. The summed E-state index contributed by atoms with van der Waals surface area (Å²) in [7, 11) is 1.95. The van der Waals surface area contributed by atoms with Crippen LogP contribution in [0.5, 0.6) is 0 Å². The first-order chi connectivity index (χ1) is 7.36. The van der Waals surface area contributed by atoms with E-state index in [4.69, 9.17) is 4.74 Å². The summed E-state index contributed by atoms with van der Waals surface area (Å²) < 4.78 is 7.55. The molecule has 2 heterocycles. The minimum atomic E-state index is 0.381. The molecule has 0 bridgehead atoms. The third-order valence-electron chi connectivity index (χ3n) is 2.73. The molecule has 0 aromatic carbocycles. The van der Waals surface area contributed by atoms with Crippen LogP contribution in [0.3, 0.4) is 0 Å². The minimum absolute atomic E-state index is 0.381. The van der Waals surface area contributed by atoms with Crippen LogP contribution in [0.15, 0.2) is 6.33 Å². The van der Waals surface area contributed by atoms with Crippen molar-refractivity contribution in [2.24, 2.45) is 7.05 Å². The van der Waals surface area contributed by atoms with Gasteiger partial charge in [-0.2, -0.15) is 0 Å². The maximum absolute atomic E-state index is 5.62. The highest BCUT2D eigenvalue weighted by Crippen LogP contribution is 2.11. The normalized spacial score (nSPS) is 21.8. The molecule has 0 radical (unpaired) electrons. The third kappa shape index (κ3) is 3.00. The fourth-order valence-electron chi connectivity index (χ4n) is 1.78. The highest BCUT2D eigenvalue weighted by molar-refractivity contribution is 4.83. The van der Waals surface area contributed by atoms with Gasteiger partial charge in [0.25, 0.3) is 0 Å². The Morgan fingerprint density at radius 2 is 2.53 bits per heavy atom. The van der Waals surface area contributed by atoms with Crippen LogP contribution in [0, 0.1) is 0 Å². The Labute approximate surface area is 89.8 Å². The summed E-state index contributed by atoms with van der Waals surface area (Å²) in [4.78, 5) is 0. The zero-order valence-electron chi connectivity index (χ0n) is 9.15. The second-order valence-electron chi connectivity index (χ2n) is 3.98. The molecule has 1 atom stereocenters. The molecule has 0 saturated carbocycles. The average Bonchev–Trinajstić information content (AvgIpc) is 2.66. The zero-order valence-corrected chi connectivity index (χ0v) is 9.15. The molecule has 84 valence electrons. The van der Waals surface area contributed by atoms with E-state index in [1.54, 1.807) is 6.33 Å². The highest BCUT2D eigenvalue weighted by atomic mass is 16.5. The lowest BCUT2D eigenvalue weighted by molar-refractivity contribution is 0.0166. The van der Waals surface area contributed by atoms with E-state index in [1.807, 2.05) is 11.6 Å². The van der Waals surface area contributed by atoms with Gasteiger partial charge in [-0.15, -0.1) is 10.2 Å². The lowest BCUT2D eigenvalue weighted by atomic mass is 10.1. The molecule has 1 aromatic heterocycles. The highest BCUT2D eigenvalue weighted by Gasteiger charge is 2.13. The average molecular weight is 210 g/mol. The van der Waals surface area contributed by atoms with E-state index in [2.05, 4.69) is 15.5 Å². The number of nitrogens with one attached hydrogen (secondary N) is 1. The van der Waals surface area contributed by atoms with Crippen molar-refractivity contribution in [3.8, 4) is 0 Å². The maximum Gasteiger partial charge on any atom is 0.146 e. The summed E-state index contributed by atoms with van der Waals surface area (Å²) in [6.45, 7) is 2.58. The van der Waals surface area contributed by atoms with Crippen LogP contribution in [0.4, 0.5) is 0 Å². The van der Waals surface area contributed by atoms with Crippen molar-refractivity contribution in [2.45, 2.75) is 31.9 Å². The van der Waals surface area contributed by atoms with Gasteiger partial charge in [-0.05, 0) is 19.3 Å². The molecule has 0 spiro atoms. The number of rotatable bonds is 4. The molecule has 1 aliphatic rings. The van der Waals surface area contributed by atoms with Gasteiger partial charge in [-0.25, -0.2) is 0 Å². The van der Waals surface area contributed by atoms with E-state index < -0.39 is 0 Å². The van der Waals surface area contributed by atoms with Crippen LogP contribution in [0.25, 0.3) is 0 Å². The van der Waals surface area contributed by atoms with E-state index >= 15 is 0 Å². The minimum Gasteiger partial charge on any atom is -0.377 e. The first-order valence-corrected chi connectivity index (χ1v) is 5.51. The maximum atomic E-state index is 5.62. The Balaban J connectivity index is 1.68. The van der Waals surface area contributed by atoms with E-state index in [9.17, 15) is 0 Å². The second-order valence-corrected chi connectivity index (χ2v) is 3.98. The van der Waals surface area contributed by atoms with Crippen LogP contribution in [-0.2, 0) is 18.3 Å². The van der Waals surface area contributed by atoms with Crippen LogP contribution in [0.1, 0.15) is 25.1 Å². The van der Waals surface area contributed by atoms with Crippen molar-refractivity contribution in [1.82, 2.24) is 20.1 Å². The predicted molar refractivity (Wildman–Crippen MR) is 56.3 cm³/mol. The largest absolute Gasteiger partial charge is 0.377 e. The van der Waals surface area contributed by atoms with Gasteiger partial charge in [0.15, 0.2) is 0 Å². The van der Waals surface area contributed by atoms with E-state index in [0.717, 1.165) is 25.5 Å². The Bertz CT molecular complexity index is 293. The first kappa shape index (κ1) is 10.6. The van der Waals surface area contributed by atoms with Crippen LogP contribution < -0.4 is 5.32 Å². The van der Waals surface area contributed by atoms with Gasteiger partial charge >= 0.3 is 0 Å². The number of ether oxygens (including phenoxy) is 1. The molecule has 2 rings (SSSR count). The van der Waals surface area contributed by atoms with Gasteiger partial charge in [0.1, 0.15) is 12.2 Å². The fourth-order valence-corrected chi connectivity index (χ4v) is 1.78. The molecule has 0 amide bonds. The topological polar surface area (TPSA) is 52.0 Å². The van der Waals surface area contributed by atoms with Gasteiger partial charge in [0.05, 0.1) is 12.6 Å². The van der Waals surface area contributed by atoms with Crippen molar-refractivity contribution in [2.75, 3.05) is 13.2 Å². The number of nitrogens with zero attached hydrogens (tertiary/aromatic N) is 3. The third-order valence-corrected chi connectivity index (χ3v) is 2.73. The number of aromatic nitrogens is 3. The number of hydrogen-bond donors (Lipinski definition) is 1. The smallest absolute Gasteiger partial charge is 0.146 e. The summed E-state index contributed by atoms with van der Waals surface area (Å²) in [6.07, 6.45) is 5.77. The molecule has 1 aromatic rings. The molecule has 0 aliphatic carbocycles. The van der Waals surface area contributed by atoms with Crippen LogP contribution in [-0.4, -0.2) is 34.0 Å². The van der Waals surface area contributed by atoms with Gasteiger partial charge in [0, 0.05) is 20.2 Å². The molecule has 1 unspecified atom stereocenters. The lowest BCUT2D eigenvalue weighted by Gasteiger charge is -2.22. The zero-order chi connectivity index (χ0) is 10.5. The summed E-state index contributed by atoms with van der Waals surface area (Å²) in [5.41, 5.74) is 0. The Kier molecular flexibility index (Phi) is 3.69. The molecule has 1 fully saturated rings. The van der Waals surface area contributed by atoms with Gasteiger partial charge < -0.3 is 14.6 Å². The molecule has 15 heavy (non-hydrogen) atoms. The van der Waals surface area contributed by atoms with Gasteiger partial charge in [-0.1, -0.05) is 0 Å². The molecule has 1 saturated heterocycles. The summed E-state index contributed by atoms with van der Waals surface area (Å²) in [6, 6.07) is 0. The standard InChI is InChI=1S/C10H18N4O/c1-14-8-12-13-10(14)7-11-6-9-4-2-3-5-15-9/h8-9,11H,2-7H2,1H3. The Morgan fingerprint density at radius 3 is 3.20 bits per heavy atom. The van der Waals surface area contributed by atoms with Crippen molar-refractivity contribution in [3.05, 3.63) is 12.2 Å². The molecule has 1 aliphatic heterocycles. The van der Waals surface area contributed by atoms with Gasteiger partial charge in [-0.3, -0.25) is 0 Å². The SMILES string of the molecule is Cn1cnnc1CNCC1CCCCO1. The predicted octanol–water partition coefficient (Wildman–Crippen LogP) is 0.474. The van der Waals surface area contributed by atoms with E-state index in [-0.39, 0.29) is 0 Å². The van der Waals surface area contributed by atoms with Crippen LogP contribution >= 0.6 is 0 Å². The fraction of sp³-hybridized carbons (Fsp3) is 0.800. The van der Waals surface area contributed by atoms with Crippen molar-refractivity contribution >= 4 is 0 Å². The lowest BCUT2D eigenvalue weighted by Crippen LogP contribution is -2.32. The Morgan fingerprint density at radius 1 is 1.60 bits per heavy atom. The molecular weight excluding hydrogens is 192 g/mol.